The van der Waals surface area contributed by atoms with Crippen LogP contribution in [0, 0.1) is 5.75 Å². The summed E-state index contributed by atoms with van der Waals surface area (Å²) in [6.07, 6.45) is 0. The van der Waals surface area contributed by atoms with Crippen molar-refractivity contribution in [1.29, 1.82) is 0 Å². The average molecular weight is 223 g/mol. The molecule has 82 valence electrons. The Kier molecular flexibility index (Phi) is 10.1. The number of nitrogens with two attached hydrogens (primary N) is 1. The molecule has 0 bridgehead atoms. The topological polar surface area (TPSA) is 101 Å². The van der Waals surface area contributed by atoms with Crippen LogP contribution in [0.2, 0.25) is 0 Å². The molecule has 4 N–H and O–H groups in total. The zero-order chi connectivity index (χ0) is 11.6. The van der Waals surface area contributed by atoms with Gasteiger partial charge < -0.3 is 10.8 Å². The van der Waals surface area contributed by atoms with Gasteiger partial charge in [0.05, 0.1) is 6.54 Å². The molecule has 0 aliphatic rings. The van der Waals surface area contributed by atoms with Gasteiger partial charge in [0.25, 0.3) is 0 Å². The number of hydrogen-bond donors (Lipinski definition) is 3. The molecule has 0 aromatic heterocycles. The van der Waals surface area contributed by atoms with Crippen molar-refractivity contribution in [3.8, 4) is 5.75 Å². The fraction of sp³-hybridized carbons (Fsp3) is 0.714. The summed E-state index contributed by atoms with van der Waals surface area (Å²) < 4.78 is 10.3. The molecule has 0 amide bonds. The molecule has 7 heteroatoms. The van der Waals surface area contributed by atoms with E-state index in [1.54, 1.807) is 0 Å². The number of nitrogens with zero attached hydrogens (tertiary/aromatic N) is 1. The zero-order valence-corrected chi connectivity index (χ0v) is 9.20. The van der Waals surface area contributed by atoms with Crippen molar-refractivity contribution in [2.45, 2.75) is 0 Å². The molecule has 0 fully saturated rings. The Labute approximate surface area is 84.0 Å². The number of aliphatic carboxylic acids is 1. The number of carbonyl (C=O) groups is 1. The maximum atomic E-state index is 9.98. The van der Waals surface area contributed by atoms with Gasteiger partial charge >= 0.3 is 61.0 Å². The molecule has 0 rings (SSSR count). The van der Waals surface area contributed by atoms with Crippen LogP contribution >= 0.6 is 7.92 Å². The van der Waals surface area contributed by atoms with Gasteiger partial charge in [-0.15, -0.1) is 0 Å². The van der Waals surface area contributed by atoms with Gasteiger partial charge in [-0.3, -0.25) is 4.79 Å². The molecule has 6 nitrogen and oxygen atoms in total. The van der Waals surface area contributed by atoms with Crippen molar-refractivity contribution in [3.05, 3.63) is 0 Å². The van der Waals surface area contributed by atoms with Crippen LogP contribution in [0.25, 0.3) is 0 Å². The fourth-order valence-electron chi connectivity index (χ4n) is 0.411. The third kappa shape index (κ3) is 13.9. The molecule has 0 aliphatic heterocycles. The normalized spacial score (nSPS) is 9.43. The number of likely N-dealkylation sites (N-methyl/N-ethyl adjacent to an activating group) is 1. The van der Waals surface area contributed by atoms with Crippen molar-refractivity contribution in [2.75, 3.05) is 33.8 Å². The summed E-state index contributed by atoms with van der Waals surface area (Å²) in [5.74, 6) is 1.65. The maximum Gasteiger partial charge on any atom is 0.317 e. The Morgan fingerprint density at radius 2 is 2.00 bits per heavy atom. The Bertz CT molecular complexity index is 260. The molecule has 14 heavy (non-hydrogen) atoms. The molecule has 0 radical (unpaired) electrons. The van der Waals surface area contributed by atoms with Crippen LogP contribution in [0.3, 0.4) is 0 Å². The molecule has 0 atom stereocenters. The van der Waals surface area contributed by atoms with Gasteiger partial charge in [0, 0.05) is 0 Å². The second kappa shape index (κ2) is 8.94. The van der Waals surface area contributed by atoms with E-state index in [1.807, 2.05) is 14.1 Å². The molecule has 0 aromatic rings. The number of aliphatic hydroxyl groups is 1. The Morgan fingerprint density at radius 3 is 2.21 bits per heavy atom. The molecular formula is C7H16N2O4P+. The van der Waals surface area contributed by atoms with Gasteiger partial charge in [0.2, 0.25) is 0 Å². The monoisotopic (exact) mass is 223 g/mol. The SMILES string of the molecule is C[N+](C)(C#P=O)CCO.NCC(=O)O. The minimum Gasteiger partial charge on any atom is -0.480 e. The molecule has 0 aromatic carbocycles. The third-order valence-electron chi connectivity index (χ3n) is 1.15. The van der Waals surface area contributed by atoms with Crippen LogP contribution in [-0.2, 0) is 9.36 Å². The van der Waals surface area contributed by atoms with E-state index in [0.29, 0.717) is 11.0 Å². The van der Waals surface area contributed by atoms with Crippen LogP contribution < -0.4 is 5.73 Å². The summed E-state index contributed by atoms with van der Waals surface area (Å²) >= 11 is 0. The van der Waals surface area contributed by atoms with Gasteiger partial charge in [0.15, 0.2) is 0 Å². The number of quaternary nitrogens is 1. The number of carboxylic acid groups (broad SMARTS) is 1. The predicted octanol–water partition coefficient (Wildman–Crippen LogP) is -0.707. The molecule has 0 heterocycles. The third-order valence-corrected chi connectivity index (χ3v) is 1.77. The zero-order valence-electron chi connectivity index (χ0n) is 8.30. The van der Waals surface area contributed by atoms with Gasteiger partial charge in [-0.05, 0) is 0 Å². The predicted molar refractivity (Wildman–Crippen MR) is 52.2 cm³/mol. The quantitative estimate of drug-likeness (QED) is 0.433. The molecule has 0 unspecified atom stereocenters. The first kappa shape index (κ1) is 15.8. The van der Waals surface area contributed by atoms with E-state index in [0.717, 1.165) is 0 Å². The number of rotatable bonds is 3. The minimum atomic E-state index is -0.968. The molecular weight excluding hydrogens is 207 g/mol. The average Bonchev–Trinajstić information content (AvgIpc) is 2.05. The minimum absolute atomic E-state index is 0.0928. The largest absolute Gasteiger partial charge is 0.480 e. The van der Waals surface area contributed by atoms with Gasteiger partial charge in [0.1, 0.15) is 0 Å². The van der Waals surface area contributed by atoms with Crippen molar-refractivity contribution in [1.82, 2.24) is 0 Å². The van der Waals surface area contributed by atoms with Crippen molar-refractivity contribution in [2.24, 2.45) is 5.73 Å². The molecule has 0 saturated carbocycles. The van der Waals surface area contributed by atoms with E-state index in [-0.39, 0.29) is 21.1 Å². The van der Waals surface area contributed by atoms with Gasteiger partial charge in [-0.2, -0.15) is 0 Å². The standard InChI is InChI=1S/C5H11NO2P.C2H5NO2/c1-6(2,3-4-7)5-9-8;3-1-2(4)5/h7H,3-4H2,1-2H3;1,3H2,(H,4,5)/q+1;. The summed E-state index contributed by atoms with van der Waals surface area (Å²) in [7, 11) is 3.54. The Morgan fingerprint density at radius 1 is 1.57 bits per heavy atom. The van der Waals surface area contributed by atoms with Gasteiger partial charge in [-0.25, -0.2) is 0 Å². The second-order valence-electron chi connectivity index (χ2n) is 2.92. The molecule has 0 spiro atoms. The van der Waals surface area contributed by atoms with E-state index >= 15 is 0 Å². The van der Waals surface area contributed by atoms with Crippen LogP contribution in [0.1, 0.15) is 0 Å². The van der Waals surface area contributed by atoms with E-state index in [1.165, 1.54) is 0 Å². The van der Waals surface area contributed by atoms with E-state index < -0.39 is 5.97 Å². The van der Waals surface area contributed by atoms with E-state index in [9.17, 15) is 9.36 Å². The van der Waals surface area contributed by atoms with Gasteiger partial charge in [-0.1, -0.05) is 0 Å². The Hall–Kier alpha value is -0.640. The molecule has 0 saturated heterocycles. The maximum absolute atomic E-state index is 9.98. The van der Waals surface area contributed by atoms with Crippen LogP contribution in [0.5, 0.6) is 0 Å². The first-order chi connectivity index (χ1) is 6.39. The smallest absolute Gasteiger partial charge is 0.317 e. The fourth-order valence-corrected chi connectivity index (χ4v) is 0.732. The number of carboxylic acids is 1. The molecule has 0 aliphatic carbocycles. The summed E-state index contributed by atoms with van der Waals surface area (Å²) in [5, 5.41) is 16.1. The summed E-state index contributed by atoms with van der Waals surface area (Å²) in [4.78, 5) is 9.24. The summed E-state index contributed by atoms with van der Waals surface area (Å²) in [6, 6.07) is 0. The second-order valence-corrected chi connectivity index (χ2v) is 3.30. The number of aliphatic hydroxyl groups excluding tert-OH is 1. The first-order valence-electron chi connectivity index (χ1n) is 3.85. The summed E-state index contributed by atoms with van der Waals surface area (Å²) in [6.45, 7) is 0.366. The first-order valence-corrected chi connectivity index (χ1v) is 4.66. The van der Waals surface area contributed by atoms with E-state index in [2.05, 4.69) is 11.5 Å². The number of hydrogen-bond acceptors (Lipinski definition) is 4. The van der Waals surface area contributed by atoms with Crippen molar-refractivity contribution in [3.63, 3.8) is 0 Å². The van der Waals surface area contributed by atoms with Crippen molar-refractivity contribution < 1.29 is 24.1 Å². The van der Waals surface area contributed by atoms with Crippen LogP contribution in [0.15, 0.2) is 0 Å². The van der Waals surface area contributed by atoms with E-state index in [4.69, 9.17) is 10.2 Å². The van der Waals surface area contributed by atoms with Crippen molar-refractivity contribution >= 4 is 13.9 Å². The Balaban J connectivity index is 0. The van der Waals surface area contributed by atoms with Crippen LogP contribution in [0.4, 0.5) is 0 Å². The van der Waals surface area contributed by atoms with Crippen LogP contribution in [-0.4, -0.2) is 54.5 Å². The summed E-state index contributed by atoms with van der Waals surface area (Å²) in [5.41, 5.74) is 4.57.